The highest BCUT2D eigenvalue weighted by molar-refractivity contribution is 5.85. The monoisotopic (exact) mass is 283 g/mol. The molecular formula is C12H17ClF3NO. The Labute approximate surface area is 111 Å². The topological polar surface area (TPSA) is 35.2 Å². The van der Waals surface area contributed by atoms with E-state index in [0.29, 0.717) is 5.56 Å². The summed E-state index contributed by atoms with van der Waals surface area (Å²) in [5.41, 5.74) is 5.96. The highest BCUT2D eigenvalue weighted by atomic mass is 35.5. The number of hydrogen-bond acceptors (Lipinski definition) is 2. The van der Waals surface area contributed by atoms with Gasteiger partial charge in [-0.2, -0.15) is 0 Å². The van der Waals surface area contributed by atoms with E-state index < -0.39 is 12.4 Å². The molecule has 1 aromatic rings. The van der Waals surface area contributed by atoms with Crippen LogP contribution in [0.5, 0.6) is 5.75 Å². The second-order valence-electron chi connectivity index (χ2n) is 4.93. The average molecular weight is 284 g/mol. The maximum atomic E-state index is 12.2. The third kappa shape index (κ3) is 4.74. The molecule has 1 atom stereocenters. The Hall–Kier alpha value is -0.940. The lowest BCUT2D eigenvalue weighted by Gasteiger charge is -2.28. The van der Waals surface area contributed by atoms with E-state index in [0.717, 1.165) is 0 Å². The van der Waals surface area contributed by atoms with Crippen molar-refractivity contribution in [3.8, 4) is 5.75 Å². The molecule has 0 radical (unpaired) electrons. The van der Waals surface area contributed by atoms with Gasteiger partial charge in [0, 0.05) is 11.6 Å². The molecule has 0 unspecified atom stereocenters. The Morgan fingerprint density at radius 3 is 2.06 bits per heavy atom. The Bertz CT molecular complexity index is 388. The zero-order valence-corrected chi connectivity index (χ0v) is 11.2. The van der Waals surface area contributed by atoms with Crippen molar-refractivity contribution in [2.45, 2.75) is 33.2 Å². The smallest absolute Gasteiger partial charge is 0.405 e. The Morgan fingerprint density at radius 2 is 1.61 bits per heavy atom. The molecule has 18 heavy (non-hydrogen) atoms. The quantitative estimate of drug-likeness (QED) is 0.888. The normalized spacial score (nSPS) is 13.7. The molecule has 0 saturated carbocycles. The summed E-state index contributed by atoms with van der Waals surface area (Å²) in [5.74, 6) is -0.234. The molecule has 0 spiro atoms. The largest absolute Gasteiger partial charge is 0.573 e. The summed E-state index contributed by atoms with van der Waals surface area (Å²) in [6.07, 6.45) is -4.70. The van der Waals surface area contributed by atoms with Crippen molar-refractivity contribution >= 4 is 12.4 Å². The number of ether oxygens (including phenoxy) is 1. The van der Waals surface area contributed by atoms with Gasteiger partial charge in [0.15, 0.2) is 0 Å². The fraction of sp³-hybridized carbons (Fsp3) is 0.500. The van der Waals surface area contributed by atoms with E-state index in [-0.39, 0.29) is 23.6 Å². The maximum absolute atomic E-state index is 12.2. The minimum atomic E-state index is -4.70. The minimum absolute atomic E-state index is 0. The van der Waals surface area contributed by atoms with Gasteiger partial charge < -0.3 is 10.5 Å². The summed E-state index contributed by atoms with van der Waals surface area (Å²) in [5, 5.41) is 0. The molecular weight excluding hydrogens is 267 g/mol. The Kier molecular flexibility index (Phi) is 5.50. The number of nitrogens with two attached hydrogens (primary N) is 1. The number of para-hydroxylation sites is 1. The highest BCUT2D eigenvalue weighted by Gasteiger charge is 2.34. The van der Waals surface area contributed by atoms with Crippen LogP contribution < -0.4 is 10.5 Å². The van der Waals surface area contributed by atoms with Gasteiger partial charge in [0.1, 0.15) is 5.75 Å². The van der Waals surface area contributed by atoms with Crippen LogP contribution in [0.3, 0.4) is 0 Å². The summed E-state index contributed by atoms with van der Waals surface area (Å²) >= 11 is 0. The SMILES string of the molecule is CC(C)(C)[C@H](N)c1ccccc1OC(F)(F)F.Cl. The first-order valence-corrected chi connectivity index (χ1v) is 5.21. The molecule has 0 aliphatic carbocycles. The predicted molar refractivity (Wildman–Crippen MR) is 66.8 cm³/mol. The number of rotatable bonds is 2. The first-order chi connectivity index (χ1) is 7.61. The van der Waals surface area contributed by atoms with E-state index in [1.807, 2.05) is 20.8 Å². The molecule has 0 bridgehead atoms. The van der Waals surface area contributed by atoms with Crippen LogP contribution in [0.1, 0.15) is 32.4 Å². The van der Waals surface area contributed by atoms with Crippen molar-refractivity contribution in [2.75, 3.05) is 0 Å². The van der Waals surface area contributed by atoms with Gasteiger partial charge in [0.2, 0.25) is 0 Å². The third-order valence-electron chi connectivity index (χ3n) is 2.41. The lowest BCUT2D eigenvalue weighted by molar-refractivity contribution is -0.275. The van der Waals surface area contributed by atoms with Crippen molar-refractivity contribution in [1.82, 2.24) is 0 Å². The molecule has 6 heteroatoms. The van der Waals surface area contributed by atoms with Gasteiger partial charge in [-0.15, -0.1) is 25.6 Å². The number of hydrogen-bond donors (Lipinski definition) is 1. The molecule has 0 aromatic heterocycles. The highest BCUT2D eigenvalue weighted by Crippen LogP contribution is 2.37. The first-order valence-electron chi connectivity index (χ1n) is 5.21. The number of halogens is 4. The van der Waals surface area contributed by atoms with Gasteiger partial charge in [0.25, 0.3) is 0 Å². The first kappa shape index (κ1) is 17.1. The molecule has 2 nitrogen and oxygen atoms in total. The van der Waals surface area contributed by atoms with Gasteiger partial charge in [0.05, 0.1) is 0 Å². The van der Waals surface area contributed by atoms with Crippen LogP contribution in [0.4, 0.5) is 13.2 Å². The third-order valence-corrected chi connectivity index (χ3v) is 2.41. The molecule has 104 valence electrons. The van der Waals surface area contributed by atoms with Crippen LogP contribution in [0.2, 0.25) is 0 Å². The van der Waals surface area contributed by atoms with Gasteiger partial charge in [-0.05, 0) is 11.5 Å². The molecule has 2 N–H and O–H groups in total. The Morgan fingerprint density at radius 1 is 1.11 bits per heavy atom. The minimum Gasteiger partial charge on any atom is -0.405 e. The lowest BCUT2D eigenvalue weighted by Crippen LogP contribution is -2.28. The molecule has 0 heterocycles. The van der Waals surface area contributed by atoms with Crippen molar-refractivity contribution in [3.05, 3.63) is 29.8 Å². The summed E-state index contributed by atoms with van der Waals surface area (Å²) in [6.45, 7) is 5.59. The number of benzene rings is 1. The predicted octanol–water partition coefficient (Wildman–Crippen LogP) is 4.05. The summed E-state index contributed by atoms with van der Waals surface area (Å²) < 4.78 is 40.6. The van der Waals surface area contributed by atoms with Crippen LogP contribution >= 0.6 is 12.4 Å². The van der Waals surface area contributed by atoms with Crippen molar-refractivity contribution in [3.63, 3.8) is 0 Å². The van der Waals surface area contributed by atoms with Crippen LogP contribution in [0.15, 0.2) is 24.3 Å². The van der Waals surface area contributed by atoms with Gasteiger partial charge in [-0.3, -0.25) is 0 Å². The molecule has 0 aliphatic rings. The molecule has 1 rings (SSSR count). The fourth-order valence-electron chi connectivity index (χ4n) is 1.42. The maximum Gasteiger partial charge on any atom is 0.573 e. The molecule has 0 saturated heterocycles. The van der Waals surface area contributed by atoms with E-state index >= 15 is 0 Å². The van der Waals surface area contributed by atoms with Gasteiger partial charge >= 0.3 is 6.36 Å². The van der Waals surface area contributed by atoms with Crippen molar-refractivity contribution in [2.24, 2.45) is 11.1 Å². The Balaban J connectivity index is 0.00000289. The lowest BCUT2D eigenvalue weighted by atomic mass is 9.83. The summed E-state index contributed by atoms with van der Waals surface area (Å²) in [6, 6.07) is 5.43. The zero-order chi connectivity index (χ0) is 13.3. The van der Waals surface area contributed by atoms with E-state index in [4.69, 9.17) is 5.73 Å². The van der Waals surface area contributed by atoms with Crippen LogP contribution in [0.25, 0.3) is 0 Å². The van der Waals surface area contributed by atoms with Crippen molar-refractivity contribution in [1.29, 1.82) is 0 Å². The van der Waals surface area contributed by atoms with E-state index in [2.05, 4.69) is 4.74 Å². The molecule has 1 aromatic carbocycles. The standard InChI is InChI=1S/C12H16F3NO.ClH/c1-11(2,3)10(16)8-6-4-5-7-9(8)17-12(13,14)15;/h4-7,10H,16H2,1-3H3;1H/t10-;/m1./s1. The van der Waals surface area contributed by atoms with Crippen molar-refractivity contribution < 1.29 is 17.9 Å². The second kappa shape index (κ2) is 5.80. The van der Waals surface area contributed by atoms with E-state index in [1.165, 1.54) is 12.1 Å². The fourth-order valence-corrected chi connectivity index (χ4v) is 1.42. The molecule has 0 aliphatic heterocycles. The van der Waals surface area contributed by atoms with Gasteiger partial charge in [-0.1, -0.05) is 39.0 Å². The zero-order valence-electron chi connectivity index (χ0n) is 10.4. The summed E-state index contributed by atoms with van der Waals surface area (Å²) in [7, 11) is 0. The van der Waals surface area contributed by atoms with Crippen LogP contribution in [-0.4, -0.2) is 6.36 Å². The molecule has 0 fully saturated rings. The average Bonchev–Trinajstić information content (AvgIpc) is 2.13. The summed E-state index contributed by atoms with van der Waals surface area (Å²) in [4.78, 5) is 0. The molecule has 0 amide bonds. The van der Waals surface area contributed by atoms with Crippen LogP contribution in [0, 0.1) is 5.41 Å². The van der Waals surface area contributed by atoms with Crippen LogP contribution in [-0.2, 0) is 0 Å². The van der Waals surface area contributed by atoms with E-state index in [9.17, 15) is 13.2 Å². The number of alkyl halides is 3. The van der Waals surface area contributed by atoms with Gasteiger partial charge in [-0.25, -0.2) is 0 Å². The van der Waals surface area contributed by atoms with E-state index in [1.54, 1.807) is 12.1 Å². The second-order valence-corrected chi connectivity index (χ2v) is 4.93.